The van der Waals surface area contributed by atoms with Gasteiger partial charge in [-0.2, -0.15) is 0 Å². The average Bonchev–Trinajstić information content (AvgIpc) is 3.30. The number of hydrogen-bond acceptors (Lipinski definition) is 5. The van der Waals surface area contributed by atoms with E-state index in [9.17, 15) is 13.2 Å². The standard InChI is InChI=1S/C24H23ClN2O4S/c1-15-22(23(26-31-15)20-9-5-6-10-21(20)25)24(28)27-16-11-12-17(27)14-19(13-16)32(29,30)18-7-3-2-4-8-18/h2-10,16-17,19H,11-14H2,1H3. The highest BCUT2D eigenvalue weighted by atomic mass is 35.5. The lowest BCUT2D eigenvalue weighted by atomic mass is 9.99. The van der Waals surface area contributed by atoms with Crippen molar-refractivity contribution in [1.82, 2.24) is 10.1 Å². The maximum Gasteiger partial charge on any atom is 0.260 e. The van der Waals surface area contributed by atoms with Gasteiger partial charge in [-0.1, -0.05) is 53.2 Å². The molecule has 8 heteroatoms. The zero-order chi connectivity index (χ0) is 22.5. The number of carbonyl (C=O) groups excluding carboxylic acids is 1. The number of hydrogen-bond donors (Lipinski definition) is 0. The van der Waals surface area contributed by atoms with Crippen molar-refractivity contribution in [2.75, 3.05) is 0 Å². The zero-order valence-electron chi connectivity index (χ0n) is 17.6. The summed E-state index contributed by atoms with van der Waals surface area (Å²) in [4.78, 5) is 15.9. The van der Waals surface area contributed by atoms with Crippen LogP contribution in [0.5, 0.6) is 0 Å². The van der Waals surface area contributed by atoms with Gasteiger partial charge in [0.25, 0.3) is 5.91 Å². The van der Waals surface area contributed by atoms with Crippen LogP contribution in [0.2, 0.25) is 5.02 Å². The molecular weight excluding hydrogens is 448 g/mol. The van der Waals surface area contributed by atoms with Gasteiger partial charge in [-0.25, -0.2) is 8.42 Å². The number of fused-ring (bicyclic) bond motifs is 2. The molecule has 1 amide bonds. The van der Waals surface area contributed by atoms with E-state index in [0.717, 1.165) is 12.8 Å². The van der Waals surface area contributed by atoms with Crippen molar-refractivity contribution in [3.05, 3.63) is 70.9 Å². The molecule has 2 unspecified atom stereocenters. The Bertz CT molecular complexity index is 1260. The molecule has 2 fully saturated rings. The van der Waals surface area contributed by atoms with Crippen molar-refractivity contribution >= 4 is 27.3 Å². The number of nitrogens with zero attached hydrogens (tertiary/aromatic N) is 2. The number of carbonyl (C=O) groups is 1. The molecule has 2 atom stereocenters. The summed E-state index contributed by atoms with van der Waals surface area (Å²) in [6.45, 7) is 1.72. The molecule has 3 heterocycles. The summed E-state index contributed by atoms with van der Waals surface area (Å²) in [7, 11) is -3.44. The van der Waals surface area contributed by atoms with E-state index in [-0.39, 0.29) is 18.0 Å². The monoisotopic (exact) mass is 470 g/mol. The second-order valence-corrected chi connectivity index (χ2v) is 11.1. The van der Waals surface area contributed by atoms with Gasteiger partial charge >= 0.3 is 0 Å². The molecular formula is C24H23ClN2O4S. The average molecular weight is 471 g/mol. The third kappa shape index (κ3) is 3.44. The molecule has 2 saturated heterocycles. The van der Waals surface area contributed by atoms with Crippen molar-refractivity contribution in [1.29, 1.82) is 0 Å². The lowest BCUT2D eigenvalue weighted by molar-refractivity contribution is 0.0597. The summed E-state index contributed by atoms with van der Waals surface area (Å²) in [5.74, 6) is 0.269. The number of amides is 1. The van der Waals surface area contributed by atoms with Crippen LogP contribution in [-0.4, -0.2) is 41.7 Å². The molecule has 2 aliphatic rings. The minimum atomic E-state index is -3.44. The number of piperidine rings is 1. The topological polar surface area (TPSA) is 80.5 Å². The third-order valence-corrected chi connectivity index (χ3v) is 9.16. The van der Waals surface area contributed by atoms with Crippen LogP contribution in [0.4, 0.5) is 0 Å². The molecule has 2 bridgehead atoms. The van der Waals surface area contributed by atoms with Crippen LogP contribution in [0.15, 0.2) is 64.0 Å². The molecule has 0 spiro atoms. The van der Waals surface area contributed by atoms with Gasteiger partial charge in [-0.15, -0.1) is 0 Å². The minimum absolute atomic E-state index is 0.127. The SMILES string of the molecule is Cc1onc(-c2ccccc2Cl)c1C(=O)N1C2CCC1CC(S(=O)(=O)c1ccccc1)C2. The number of benzene rings is 2. The number of halogens is 1. The van der Waals surface area contributed by atoms with Gasteiger partial charge in [0.2, 0.25) is 0 Å². The maximum absolute atomic E-state index is 13.7. The normalized spacial score (nSPS) is 22.8. The Hall–Kier alpha value is -2.64. The summed E-state index contributed by atoms with van der Waals surface area (Å²) < 4.78 is 31.8. The van der Waals surface area contributed by atoms with Crippen LogP contribution in [0.25, 0.3) is 11.3 Å². The second kappa shape index (κ2) is 8.05. The van der Waals surface area contributed by atoms with Gasteiger partial charge in [-0.05, 0) is 50.8 Å². The summed E-state index contributed by atoms with van der Waals surface area (Å²) >= 11 is 6.35. The van der Waals surface area contributed by atoms with E-state index in [4.69, 9.17) is 16.1 Å². The summed E-state index contributed by atoms with van der Waals surface area (Å²) in [6.07, 6.45) is 2.46. The smallest absolute Gasteiger partial charge is 0.260 e. The van der Waals surface area contributed by atoms with Crippen molar-refractivity contribution in [3.8, 4) is 11.3 Å². The Morgan fingerprint density at radius 3 is 2.31 bits per heavy atom. The van der Waals surface area contributed by atoms with Crippen LogP contribution in [0.1, 0.15) is 41.8 Å². The van der Waals surface area contributed by atoms with Crippen molar-refractivity contribution in [2.45, 2.75) is 54.8 Å². The van der Waals surface area contributed by atoms with Gasteiger partial charge in [-0.3, -0.25) is 4.79 Å². The first-order chi connectivity index (χ1) is 15.4. The summed E-state index contributed by atoms with van der Waals surface area (Å²) in [5.41, 5.74) is 1.47. The van der Waals surface area contributed by atoms with Crippen molar-refractivity contribution < 1.29 is 17.7 Å². The Labute approximate surface area is 192 Å². The molecule has 2 aliphatic heterocycles. The maximum atomic E-state index is 13.7. The first-order valence-corrected chi connectivity index (χ1v) is 12.6. The van der Waals surface area contributed by atoms with Crippen LogP contribution < -0.4 is 0 Å². The molecule has 3 aromatic rings. The van der Waals surface area contributed by atoms with Gasteiger partial charge < -0.3 is 9.42 Å². The van der Waals surface area contributed by atoms with Gasteiger partial charge in [0.05, 0.1) is 15.2 Å². The molecule has 0 radical (unpaired) electrons. The van der Waals surface area contributed by atoms with Crippen molar-refractivity contribution in [3.63, 3.8) is 0 Å². The fraction of sp³-hybridized carbons (Fsp3) is 0.333. The Morgan fingerprint density at radius 2 is 1.66 bits per heavy atom. The molecule has 1 aromatic heterocycles. The molecule has 0 N–H and O–H groups in total. The van der Waals surface area contributed by atoms with Crippen LogP contribution >= 0.6 is 11.6 Å². The second-order valence-electron chi connectivity index (χ2n) is 8.49. The fourth-order valence-corrected chi connectivity index (χ4v) is 7.20. The highest BCUT2D eigenvalue weighted by molar-refractivity contribution is 7.92. The Morgan fingerprint density at radius 1 is 1.03 bits per heavy atom. The largest absolute Gasteiger partial charge is 0.360 e. The number of aromatic nitrogens is 1. The number of sulfone groups is 1. The first-order valence-electron chi connectivity index (χ1n) is 10.7. The first kappa shape index (κ1) is 21.2. The Kier molecular flexibility index (Phi) is 5.34. The van der Waals surface area contributed by atoms with Gasteiger partial charge in [0.1, 0.15) is 17.0 Å². The zero-order valence-corrected chi connectivity index (χ0v) is 19.1. The molecule has 2 aromatic carbocycles. The number of rotatable bonds is 4. The third-order valence-electron chi connectivity index (χ3n) is 6.64. The highest BCUT2D eigenvalue weighted by Gasteiger charge is 2.48. The van der Waals surface area contributed by atoms with Gasteiger partial charge in [0.15, 0.2) is 9.84 Å². The molecule has 0 aliphatic carbocycles. The molecule has 166 valence electrons. The summed E-state index contributed by atoms with van der Waals surface area (Å²) in [5, 5.41) is 4.13. The van der Waals surface area contributed by atoms with Crippen molar-refractivity contribution in [2.24, 2.45) is 0 Å². The predicted molar refractivity (Wildman–Crippen MR) is 121 cm³/mol. The van der Waals surface area contributed by atoms with E-state index in [1.54, 1.807) is 37.3 Å². The van der Waals surface area contributed by atoms with E-state index in [1.165, 1.54) is 0 Å². The van der Waals surface area contributed by atoms with Crippen LogP contribution in [0.3, 0.4) is 0 Å². The lowest BCUT2D eigenvalue weighted by Crippen LogP contribution is -2.49. The van der Waals surface area contributed by atoms with E-state index < -0.39 is 15.1 Å². The molecule has 6 nitrogen and oxygen atoms in total. The van der Waals surface area contributed by atoms with E-state index >= 15 is 0 Å². The fourth-order valence-electron chi connectivity index (χ4n) is 5.10. The van der Waals surface area contributed by atoms with E-state index in [2.05, 4.69) is 5.16 Å². The highest BCUT2D eigenvalue weighted by Crippen LogP contribution is 2.42. The lowest BCUT2D eigenvalue weighted by Gasteiger charge is -2.38. The number of aryl methyl sites for hydroxylation is 1. The molecule has 0 saturated carbocycles. The quantitative estimate of drug-likeness (QED) is 0.541. The van der Waals surface area contributed by atoms with E-state index in [1.807, 2.05) is 29.2 Å². The molecule has 5 rings (SSSR count). The summed E-state index contributed by atoms with van der Waals surface area (Å²) in [6, 6.07) is 15.5. The van der Waals surface area contributed by atoms with Gasteiger partial charge in [0, 0.05) is 17.6 Å². The van der Waals surface area contributed by atoms with Crippen LogP contribution in [0, 0.1) is 6.92 Å². The molecule has 32 heavy (non-hydrogen) atoms. The predicted octanol–water partition coefficient (Wildman–Crippen LogP) is 4.91. The Balaban J connectivity index is 1.45. The van der Waals surface area contributed by atoms with Crippen LogP contribution in [-0.2, 0) is 9.84 Å². The minimum Gasteiger partial charge on any atom is -0.360 e. The van der Waals surface area contributed by atoms with E-state index in [0.29, 0.717) is 45.3 Å².